The van der Waals surface area contributed by atoms with Crippen LogP contribution in [0.2, 0.25) is 0 Å². The number of hydrogen-bond donors (Lipinski definition) is 1. The van der Waals surface area contributed by atoms with Gasteiger partial charge in [-0.05, 0) is 24.1 Å². The number of benzene rings is 1. The minimum absolute atomic E-state index is 0.226. The summed E-state index contributed by atoms with van der Waals surface area (Å²) in [7, 11) is 1.83. The lowest BCUT2D eigenvalue weighted by molar-refractivity contribution is -0.125. The number of carbonyl (C=O) groups excluding carboxylic acids is 3. The average Bonchev–Trinajstić information content (AvgIpc) is 3.05. The molecule has 2 aromatic rings. The van der Waals surface area contributed by atoms with E-state index in [1.807, 2.05) is 18.6 Å². The Morgan fingerprint density at radius 2 is 2.09 bits per heavy atom. The van der Waals surface area contributed by atoms with Crippen LogP contribution >= 0.6 is 11.3 Å². The molecule has 1 aromatic carbocycles. The molecule has 0 radical (unpaired) electrons. The van der Waals surface area contributed by atoms with Crippen LogP contribution in [0, 0.1) is 5.92 Å². The van der Waals surface area contributed by atoms with Gasteiger partial charge in [-0.2, -0.15) is 4.99 Å². The summed E-state index contributed by atoms with van der Waals surface area (Å²) < 4.78 is 1.78. The molecule has 1 atom stereocenters. The molecule has 7 heteroatoms. The van der Waals surface area contributed by atoms with E-state index in [2.05, 4.69) is 10.3 Å². The molecule has 3 amide bonds. The van der Waals surface area contributed by atoms with Crippen molar-refractivity contribution in [2.45, 2.75) is 12.8 Å². The molecule has 0 aliphatic carbocycles. The van der Waals surface area contributed by atoms with Gasteiger partial charge in [0.15, 0.2) is 4.80 Å². The summed E-state index contributed by atoms with van der Waals surface area (Å²) in [5.74, 6) is -1.08. The molecule has 23 heavy (non-hydrogen) atoms. The molecule has 6 nitrogen and oxygen atoms in total. The van der Waals surface area contributed by atoms with Gasteiger partial charge in [0.25, 0.3) is 5.91 Å². The fourth-order valence-corrected chi connectivity index (χ4v) is 3.15. The van der Waals surface area contributed by atoms with Crippen molar-refractivity contribution in [2.24, 2.45) is 18.0 Å². The van der Waals surface area contributed by atoms with E-state index in [-0.39, 0.29) is 30.1 Å². The maximum atomic E-state index is 12.1. The highest BCUT2D eigenvalue weighted by Gasteiger charge is 2.30. The highest BCUT2D eigenvalue weighted by molar-refractivity contribution is 7.07. The minimum atomic E-state index is -0.320. The van der Waals surface area contributed by atoms with Crippen molar-refractivity contribution in [1.82, 2.24) is 9.88 Å². The number of hydrogen-bond acceptors (Lipinski definition) is 4. The number of nitrogens with one attached hydrogen (secondary N) is 1. The van der Waals surface area contributed by atoms with Crippen molar-refractivity contribution in [3.05, 3.63) is 51.8 Å². The van der Waals surface area contributed by atoms with Gasteiger partial charge in [-0.3, -0.25) is 19.7 Å². The Kier molecular flexibility index (Phi) is 4.20. The van der Waals surface area contributed by atoms with Crippen LogP contribution in [-0.2, 0) is 23.1 Å². The van der Waals surface area contributed by atoms with Crippen molar-refractivity contribution in [1.29, 1.82) is 0 Å². The van der Waals surface area contributed by atoms with Crippen LogP contribution in [0.25, 0.3) is 0 Å². The van der Waals surface area contributed by atoms with Gasteiger partial charge in [0.05, 0.1) is 5.92 Å². The Bertz CT molecular complexity index is 833. The van der Waals surface area contributed by atoms with E-state index in [0.717, 1.165) is 5.56 Å². The van der Waals surface area contributed by atoms with Gasteiger partial charge in [0.1, 0.15) is 0 Å². The summed E-state index contributed by atoms with van der Waals surface area (Å²) >= 11 is 1.40. The fraction of sp³-hybridized carbons (Fsp3) is 0.250. The number of carbonyl (C=O) groups is 3. The molecule has 3 rings (SSSR count). The Morgan fingerprint density at radius 1 is 1.35 bits per heavy atom. The second-order valence-corrected chi connectivity index (χ2v) is 6.30. The van der Waals surface area contributed by atoms with E-state index in [1.54, 1.807) is 28.8 Å². The summed E-state index contributed by atoms with van der Waals surface area (Å²) in [4.78, 5) is 39.6. The van der Waals surface area contributed by atoms with E-state index in [9.17, 15) is 14.4 Å². The van der Waals surface area contributed by atoms with Gasteiger partial charge < -0.3 is 4.57 Å². The number of thiazole rings is 1. The fourth-order valence-electron chi connectivity index (χ4n) is 2.43. The standard InChI is InChI=1S/C16H15N3O3S/c1-19-6-7-23-16(19)18-14(21)11-4-2-10(3-5-11)8-12-9-13(20)17-15(12)22/h2-7,12H,8-9H2,1H3,(H,17,20,22)/t12-/m0/s1. The first kappa shape index (κ1) is 15.4. The lowest BCUT2D eigenvalue weighted by atomic mass is 9.97. The molecule has 1 fully saturated rings. The Hall–Kier alpha value is -2.54. The maximum absolute atomic E-state index is 12.1. The van der Waals surface area contributed by atoms with Gasteiger partial charge in [-0.1, -0.05) is 12.1 Å². The number of nitrogens with zero attached hydrogens (tertiary/aromatic N) is 2. The van der Waals surface area contributed by atoms with Crippen LogP contribution in [0.5, 0.6) is 0 Å². The number of imide groups is 1. The van der Waals surface area contributed by atoms with Crippen LogP contribution in [0.1, 0.15) is 22.3 Å². The van der Waals surface area contributed by atoms with E-state index in [1.165, 1.54) is 11.3 Å². The summed E-state index contributed by atoms with van der Waals surface area (Å²) in [5.41, 5.74) is 1.41. The number of rotatable bonds is 3. The third-order valence-electron chi connectivity index (χ3n) is 3.71. The molecular weight excluding hydrogens is 314 g/mol. The molecule has 0 saturated carbocycles. The normalized spacial score (nSPS) is 18.3. The molecule has 1 aliphatic heterocycles. The van der Waals surface area contributed by atoms with Gasteiger partial charge >= 0.3 is 0 Å². The predicted molar refractivity (Wildman–Crippen MR) is 84.6 cm³/mol. The third kappa shape index (κ3) is 3.45. The molecule has 1 N–H and O–H groups in total. The molecule has 0 bridgehead atoms. The predicted octanol–water partition coefficient (Wildman–Crippen LogP) is 1.03. The van der Waals surface area contributed by atoms with Crippen LogP contribution in [0.3, 0.4) is 0 Å². The smallest absolute Gasteiger partial charge is 0.279 e. The molecule has 118 valence electrons. The van der Waals surface area contributed by atoms with Gasteiger partial charge in [-0.15, -0.1) is 11.3 Å². The van der Waals surface area contributed by atoms with E-state index < -0.39 is 0 Å². The number of amides is 3. The molecule has 1 aliphatic rings. The zero-order valence-corrected chi connectivity index (χ0v) is 13.3. The zero-order valence-electron chi connectivity index (χ0n) is 12.5. The lowest BCUT2D eigenvalue weighted by Gasteiger charge is -2.06. The van der Waals surface area contributed by atoms with E-state index in [0.29, 0.717) is 16.8 Å². The summed E-state index contributed by atoms with van der Waals surface area (Å²) in [6, 6.07) is 6.99. The van der Waals surface area contributed by atoms with Gasteiger partial charge in [0.2, 0.25) is 11.8 Å². The Morgan fingerprint density at radius 3 is 2.65 bits per heavy atom. The third-order valence-corrected chi connectivity index (χ3v) is 4.55. The second-order valence-electron chi connectivity index (χ2n) is 5.43. The van der Waals surface area contributed by atoms with Crippen molar-refractivity contribution >= 4 is 29.1 Å². The average molecular weight is 329 g/mol. The first-order chi connectivity index (χ1) is 11.0. The summed E-state index contributed by atoms with van der Waals surface area (Å²) in [6.45, 7) is 0. The zero-order chi connectivity index (χ0) is 16.4. The molecule has 2 heterocycles. The van der Waals surface area contributed by atoms with Crippen molar-refractivity contribution in [3.8, 4) is 0 Å². The Labute approximate surface area is 136 Å². The maximum Gasteiger partial charge on any atom is 0.279 e. The van der Waals surface area contributed by atoms with Crippen LogP contribution in [0.4, 0.5) is 0 Å². The first-order valence-corrected chi connectivity index (χ1v) is 8.03. The summed E-state index contributed by atoms with van der Waals surface area (Å²) in [5, 5.41) is 4.16. The first-order valence-electron chi connectivity index (χ1n) is 7.15. The van der Waals surface area contributed by atoms with Crippen molar-refractivity contribution in [3.63, 3.8) is 0 Å². The number of aryl methyl sites for hydroxylation is 1. The molecule has 0 spiro atoms. The lowest BCUT2D eigenvalue weighted by Crippen LogP contribution is -2.22. The van der Waals surface area contributed by atoms with E-state index >= 15 is 0 Å². The SMILES string of the molecule is Cn1ccsc1=NC(=O)c1ccc(C[C@H]2CC(=O)NC2=O)cc1. The van der Waals surface area contributed by atoms with Gasteiger partial charge in [0, 0.05) is 30.6 Å². The topological polar surface area (TPSA) is 80.5 Å². The van der Waals surface area contributed by atoms with Crippen LogP contribution in [-0.4, -0.2) is 22.3 Å². The van der Waals surface area contributed by atoms with Crippen LogP contribution < -0.4 is 10.1 Å². The monoisotopic (exact) mass is 329 g/mol. The minimum Gasteiger partial charge on any atom is -0.327 e. The molecule has 0 unspecified atom stereocenters. The molecule has 1 saturated heterocycles. The highest BCUT2D eigenvalue weighted by atomic mass is 32.1. The highest BCUT2D eigenvalue weighted by Crippen LogP contribution is 2.17. The van der Waals surface area contributed by atoms with Crippen molar-refractivity contribution < 1.29 is 14.4 Å². The van der Waals surface area contributed by atoms with Crippen LogP contribution in [0.15, 0.2) is 40.8 Å². The molecule has 1 aromatic heterocycles. The quantitative estimate of drug-likeness (QED) is 0.854. The second kappa shape index (κ2) is 6.29. The summed E-state index contributed by atoms with van der Waals surface area (Å²) in [6.07, 6.45) is 2.56. The largest absolute Gasteiger partial charge is 0.327 e. The number of aromatic nitrogens is 1. The van der Waals surface area contributed by atoms with Crippen molar-refractivity contribution in [2.75, 3.05) is 0 Å². The Balaban J connectivity index is 1.72. The van der Waals surface area contributed by atoms with Gasteiger partial charge in [-0.25, -0.2) is 0 Å². The molecular formula is C16H15N3O3S. The van der Waals surface area contributed by atoms with E-state index in [4.69, 9.17) is 0 Å².